The molecule has 0 bridgehead atoms. The highest BCUT2D eigenvalue weighted by atomic mass is 16.4. The van der Waals surface area contributed by atoms with E-state index in [4.69, 9.17) is 4.42 Å². The van der Waals surface area contributed by atoms with Gasteiger partial charge in [0.05, 0.1) is 5.69 Å². The van der Waals surface area contributed by atoms with Crippen LogP contribution in [0.5, 0.6) is 0 Å². The Morgan fingerprint density at radius 3 is 2.43 bits per heavy atom. The summed E-state index contributed by atoms with van der Waals surface area (Å²) in [5, 5.41) is 0. The zero-order chi connectivity index (χ0) is 16.4. The van der Waals surface area contributed by atoms with E-state index in [0.717, 1.165) is 5.69 Å². The maximum atomic E-state index is 12.7. The molecular formula is C16H21N5O2. The van der Waals surface area contributed by atoms with E-state index in [1.165, 1.54) is 0 Å². The minimum Gasteiger partial charge on any atom is -0.436 e. The van der Waals surface area contributed by atoms with E-state index in [-0.39, 0.29) is 11.8 Å². The minimum atomic E-state index is -0.0806. The molecule has 2 aromatic heterocycles. The molecule has 3 heterocycles. The molecule has 1 saturated heterocycles. The fourth-order valence-electron chi connectivity index (χ4n) is 2.70. The Labute approximate surface area is 135 Å². The van der Waals surface area contributed by atoms with Crippen molar-refractivity contribution in [1.82, 2.24) is 19.9 Å². The van der Waals surface area contributed by atoms with Gasteiger partial charge in [0, 0.05) is 45.5 Å². The molecule has 1 aliphatic rings. The fourth-order valence-corrected chi connectivity index (χ4v) is 2.70. The average Bonchev–Trinajstić information content (AvgIpc) is 2.97. The van der Waals surface area contributed by atoms with E-state index in [2.05, 4.69) is 19.9 Å². The number of hydrogen-bond acceptors (Lipinski definition) is 6. The highest BCUT2D eigenvalue weighted by Gasteiger charge is 2.29. The molecule has 0 spiro atoms. The highest BCUT2D eigenvalue weighted by molar-refractivity contribution is 5.92. The summed E-state index contributed by atoms with van der Waals surface area (Å²) in [6, 6.07) is 1.79. The molecule has 23 heavy (non-hydrogen) atoms. The van der Waals surface area contributed by atoms with E-state index < -0.39 is 0 Å². The molecule has 0 unspecified atom stereocenters. The Kier molecular flexibility index (Phi) is 4.27. The van der Waals surface area contributed by atoms with Gasteiger partial charge in [-0.05, 0) is 12.0 Å². The normalized spacial score (nSPS) is 15.3. The van der Waals surface area contributed by atoms with Crippen LogP contribution in [0.2, 0.25) is 0 Å². The van der Waals surface area contributed by atoms with Crippen molar-refractivity contribution in [2.45, 2.75) is 26.7 Å². The number of carbonyl (C=O) groups is 1. The van der Waals surface area contributed by atoms with E-state index >= 15 is 0 Å². The standard InChI is InChI=1S/C16H21N5O2/c1-11(2)13-14(23-12(3)19-13)15(22)20-7-9-21(10-8-20)16-17-5-4-6-18-16/h4-6,11H,7-10H2,1-3H3. The predicted octanol–water partition coefficient (Wildman–Crippen LogP) is 1.86. The van der Waals surface area contributed by atoms with Crippen LogP contribution in [0, 0.1) is 6.92 Å². The molecule has 7 nitrogen and oxygen atoms in total. The van der Waals surface area contributed by atoms with Crippen LogP contribution in [0.1, 0.15) is 41.9 Å². The number of nitrogens with zero attached hydrogens (tertiary/aromatic N) is 5. The van der Waals surface area contributed by atoms with Crippen LogP contribution in [0.15, 0.2) is 22.9 Å². The average molecular weight is 315 g/mol. The lowest BCUT2D eigenvalue weighted by atomic mass is 10.1. The predicted molar refractivity (Wildman–Crippen MR) is 85.5 cm³/mol. The van der Waals surface area contributed by atoms with Gasteiger partial charge in [-0.3, -0.25) is 4.79 Å². The first-order valence-corrected chi connectivity index (χ1v) is 7.85. The van der Waals surface area contributed by atoms with Crippen molar-refractivity contribution in [2.24, 2.45) is 0 Å². The molecule has 0 atom stereocenters. The molecule has 0 saturated carbocycles. The van der Waals surface area contributed by atoms with Crippen LogP contribution in [-0.4, -0.2) is 51.9 Å². The van der Waals surface area contributed by atoms with Crippen molar-refractivity contribution in [2.75, 3.05) is 31.1 Å². The summed E-state index contributed by atoms with van der Waals surface area (Å²) in [7, 11) is 0. The van der Waals surface area contributed by atoms with Crippen molar-refractivity contribution < 1.29 is 9.21 Å². The van der Waals surface area contributed by atoms with Gasteiger partial charge < -0.3 is 14.2 Å². The van der Waals surface area contributed by atoms with Gasteiger partial charge in [0.1, 0.15) is 0 Å². The second-order valence-corrected chi connectivity index (χ2v) is 5.93. The van der Waals surface area contributed by atoms with Crippen LogP contribution >= 0.6 is 0 Å². The van der Waals surface area contributed by atoms with Crippen molar-refractivity contribution in [3.05, 3.63) is 35.8 Å². The fraction of sp³-hybridized carbons (Fsp3) is 0.500. The van der Waals surface area contributed by atoms with E-state index in [0.29, 0.717) is 43.8 Å². The van der Waals surface area contributed by atoms with Crippen molar-refractivity contribution in [3.63, 3.8) is 0 Å². The molecule has 1 aliphatic heterocycles. The smallest absolute Gasteiger partial charge is 0.291 e. The second kappa shape index (κ2) is 6.36. The molecule has 1 fully saturated rings. The molecule has 0 N–H and O–H groups in total. The van der Waals surface area contributed by atoms with Crippen molar-refractivity contribution in [3.8, 4) is 0 Å². The number of aromatic nitrogens is 3. The lowest BCUT2D eigenvalue weighted by Crippen LogP contribution is -2.49. The number of carbonyl (C=O) groups excluding carboxylic acids is 1. The molecule has 3 rings (SSSR count). The molecule has 122 valence electrons. The van der Waals surface area contributed by atoms with Gasteiger partial charge in [-0.25, -0.2) is 15.0 Å². The van der Waals surface area contributed by atoms with Crippen LogP contribution < -0.4 is 4.90 Å². The molecule has 1 amide bonds. The summed E-state index contributed by atoms with van der Waals surface area (Å²) in [5.41, 5.74) is 0.737. The molecule has 0 aromatic carbocycles. The number of hydrogen-bond donors (Lipinski definition) is 0. The van der Waals surface area contributed by atoms with Crippen LogP contribution in [0.4, 0.5) is 5.95 Å². The number of piperazine rings is 1. The Balaban J connectivity index is 1.69. The SMILES string of the molecule is Cc1nc(C(C)C)c(C(=O)N2CCN(c3ncccn3)CC2)o1. The minimum absolute atomic E-state index is 0.0806. The largest absolute Gasteiger partial charge is 0.436 e. The van der Waals surface area contributed by atoms with Gasteiger partial charge in [-0.15, -0.1) is 0 Å². The monoisotopic (exact) mass is 315 g/mol. The molecule has 0 aliphatic carbocycles. The Hall–Kier alpha value is -2.44. The van der Waals surface area contributed by atoms with Gasteiger partial charge >= 0.3 is 0 Å². The maximum Gasteiger partial charge on any atom is 0.291 e. The van der Waals surface area contributed by atoms with Crippen molar-refractivity contribution >= 4 is 11.9 Å². The summed E-state index contributed by atoms with van der Waals surface area (Å²) in [5.74, 6) is 1.70. The van der Waals surface area contributed by atoms with Crippen LogP contribution in [0.3, 0.4) is 0 Å². The lowest BCUT2D eigenvalue weighted by Gasteiger charge is -2.34. The second-order valence-electron chi connectivity index (χ2n) is 5.93. The Bertz CT molecular complexity index is 675. The van der Waals surface area contributed by atoms with Gasteiger partial charge in [0.25, 0.3) is 5.91 Å². The summed E-state index contributed by atoms with van der Waals surface area (Å²) < 4.78 is 5.56. The van der Waals surface area contributed by atoms with Gasteiger partial charge in [-0.1, -0.05) is 13.8 Å². The number of aryl methyl sites for hydroxylation is 1. The summed E-state index contributed by atoms with van der Waals surface area (Å²) in [4.78, 5) is 29.5. The first-order chi connectivity index (χ1) is 11.1. The summed E-state index contributed by atoms with van der Waals surface area (Å²) in [6.07, 6.45) is 3.46. The molecular weight excluding hydrogens is 294 g/mol. The van der Waals surface area contributed by atoms with Crippen molar-refractivity contribution in [1.29, 1.82) is 0 Å². The van der Waals surface area contributed by atoms with Crippen LogP contribution in [-0.2, 0) is 0 Å². The third-order valence-corrected chi connectivity index (χ3v) is 3.90. The number of amides is 1. The van der Waals surface area contributed by atoms with E-state index in [1.807, 2.05) is 18.7 Å². The van der Waals surface area contributed by atoms with Gasteiger partial charge in [0.2, 0.25) is 11.7 Å². The zero-order valence-electron chi connectivity index (χ0n) is 13.7. The lowest BCUT2D eigenvalue weighted by molar-refractivity contribution is 0.0710. The number of anilines is 1. The maximum absolute atomic E-state index is 12.7. The van der Waals surface area contributed by atoms with Gasteiger partial charge in [0.15, 0.2) is 5.89 Å². The Morgan fingerprint density at radius 1 is 1.17 bits per heavy atom. The first kappa shape index (κ1) is 15.5. The highest BCUT2D eigenvalue weighted by Crippen LogP contribution is 2.22. The van der Waals surface area contributed by atoms with E-state index in [9.17, 15) is 4.79 Å². The Morgan fingerprint density at radius 2 is 1.83 bits per heavy atom. The zero-order valence-corrected chi connectivity index (χ0v) is 13.7. The third kappa shape index (κ3) is 3.18. The summed E-state index contributed by atoms with van der Waals surface area (Å²) in [6.45, 7) is 8.45. The third-order valence-electron chi connectivity index (χ3n) is 3.90. The van der Waals surface area contributed by atoms with E-state index in [1.54, 1.807) is 25.4 Å². The topological polar surface area (TPSA) is 75.4 Å². The quantitative estimate of drug-likeness (QED) is 0.860. The first-order valence-electron chi connectivity index (χ1n) is 7.85. The van der Waals surface area contributed by atoms with Gasteiger partial charge in [-0.2, -0.15) is 0 Å². The molecule has 7 heteroatoms. The summed E-state index contributed by atoms with van der Waals surface area (Å²) >= 11 is 0. The molecule has 0 radical (unpaired) electrons. The van der Waals surface area contributed by atoms with Crippen LogP contribution in [0.25, 0.3) is 0 Å². The molecule has 2 aromatic rings. The number of rotatable bonds is 3. The number of oxazole rings is 1.